The highest BCUT2D eigenvalue weighted by Crippen LogP contribution is 2.16. The van der Waals surface area contributed by atoms with Crippen LogP contribution in [0, 0.1) is 5.95 Å². The minimum Gasteiger partial charge on any atom is -0.340 e. The molecule has 0 atom stereocenters. The second kappa shape index (κ2) is 6.15. The van der Waals surface area contributed by atoms with E-state index in [2.05, 4.69) is 29.4 Å². The molecule has 0 saturated heterocycles. The molecule has 1 N–H and O–H groups in total. The van der Waals surface area contributed by atoms with Gasteiger partial charge in [0.1, 0.15) is 5.82 Å². The average Bonchev–Trinajstić information content (AvgIpc) is 2.38. The van der Waals surface area contributed by atoms with Crippen molar-refractivity contribution < 1.29 is 4.39 Å². The molecular weight excluding hydrogens is 227 g/mol. The van der Waals surface area contributed by atoms with Gasteiger partial charge < -0.3 is 5.32 Å². The lowest BCUT2D eigenvalue weighted by atomic mass is 10.1. The number of nitrogens with zero attached hydrogens (tertiary/aromatic N) is 1. The fourth-order valence-corrected chi connectivity index (χ4v) is 1.76. The molecule has 0 saturated carbocycles. The first-order valence-corrected chi connectivity index (χ1v) is 6.26. The SMILES string of the molecule is CCCCc1ccc(Nc2cccc(F)n2)cc1. The highest BCUT2D eigenvalue weighted by molar-refractivity contribution is 5.56. The number of nitrogens with one attached hydrogen (secondary N) is 1. The second-order valence-corrected chi connectivity index (χ2v) is 4.27. The molecule has 0 unspecified atom stereocenters. The number of aryl methyl sites for hydroxylation is 1. The van der Waals surface area contributed by atoms with Crippen molar-refractivity contribution in [1.82, 2.24) is 4.98 Å². The molecular formula is C15H17FN2. The Morgan fingerprint density at radius 3 is 2.56 bits per heavy atom. The predicted octanol–water partition coefficient (Wildman–Crippen LogP) is 4.31. The summed E-state index contributed by atoms with van der Waals surface area (Å²) in [5.41, 5.74) is 2.25. The predicted molar refractivity (Wildman–Crippen MR) is 72.5 cm³/mol. The van der Waals surface area contributed by atoms with Crippen LogP contribution < -0.4 is 5.32 Å². The van der Waals surface area contributed by atoms with Crippen LogP contribution >= 0.6 is 0 Å². The topological polar surface area (TPSA) is 24.9 Å². The van der Waals surface area contributed by atoms with E-state index in [4.69, 9.17) is 0 Å². The number of rotatable bonds is 5. The fraction of sp³-hybridized carbons (Fsp3) is 0.267. The largest absolute Gasteiger partial charge is 0.340 e. The van der Waals surface area contributed by atoms with E-state index in [1.807, 2.05) is 12.1 Å². The van der Waals surface area contributed by atoms with Gasteiger partial charge in [0.2, 0.25) is 5.95 Å². The maximum Gasteiger partial charge on any atom is 0.214 e. The summed E-state index contributed by atoms with van der Waals surface area (Å²) in [7, 11) is 0. The zero-order valence-electron chi connectivity index (χ0n) is 10.5. The summed E-state index contributed by atoms with van der Waals surface area (Å²) in [4.78, 5) is 3.76. The zero-order chi connectivity index (χ0) is 12.8. The Hall–Kier alpha value is -1.90. The molecule has 0 aliphatic rings. The summed E-state index contributed by atoms with van der Waals surface area (Å²) in [5.74, 6) is 0.0517. The monoisotopic (exact) mass is 244 g/mol. The quantitative estimate of drug-likeness (QED) is 0.793. The Morgan fingerprint density at radius 2 is 1.89 bits per heavy atom. The van der Waals surface area contributed by atoms with E-state index in [1.54, 1.807) is 12.1 Å². The van der Waals surface area contributed by atoms with Crippen LogP contribution in [0.5, 0.6) is 0 Å². The minimum atomic E-state index is -0.473. The molecule has 0 fully saturated rings. The summed E-state index contributed by atoms with van der Waals surface area (Å²) in [6.45, 7) is 2.19. The van der Waals surface area contributed by atoms with Crippen LogP contribution in [0.3, 0.4) is 0 Å². The molecule has 2 rings (SSSR count). The Bertz CT molecular complexity index is 494. The molecule has 0 amide bonds. The van der Waals surface area contributed by atoms with Crippen molar-refractivity contribution in [3.05, 3.63) is 54.0 Å². The Balaban J connectivity index is 2.02. The molecule has 0 aliphatic heterocycles. The molecule has 0 bridgehead atoms. The first kappa shape index (κ1) is 12.6. The van der Waals surface area contributed by atoms with Crippen molar-refractivity contribution in [2.45, 2.75) is 26.2 Å². The number of benzene rings is 1. The Kier molecular flexibility index (Phi) is 4.29. The lowest BCUT2D eigenvalue weighted by molar-refractivity contribution is 0.585. The Morgan fingerprint density at radius 1 is 1.11 bits per heavy atom. The molecule has 2 aromatic rings. The van der Waals surface area contributed by atoms with Gasteiger partial charge in [-0.1, -0.05) is 31.5 Å². The Labute approximate surface area is 107 Å². The van der Waals surface area contributed by atoms with Crippen LogP contribution in [0.15, 0.2) is 42.5 Å². The smallest absolute Gasteiger partial charge is 0.214 e. The van der Waals surface area contributed by atoms with Crippen molar-refractivity contribution in [1.29, 1.82) is 0 Å². The van der Waals surface area contributed by atoms with Crippen molar-refractivity contribution in [2.24, 2.45) is 0 Å². The van der Waals surface area contributed by atoms with E-state index in [1.165, 1.54) is 24.5 Å². The maximum absolute atomic E-state index is 12.9. The normalized spacial score (nSPS) is 10.3. The van der Waals surface area contributed by atoms with Gasteiger partial charge in [-0.15, -0.1) is 0 Å². The van der Waals surface area contributed by atoms with Gasteiger partial charge in [-0.05, 0) is 42.7 Å². The summed E-state index contributed by atoms with van der Waals surface area (Å²) in [5, 5.41) is 3.08. The highest BCUT2D eigenvalue weighted by atomic mass is 19.1. The third-order valence-electron chi connectivity index (χ3n) is 2.76. The van der Waals surface area contributed by atoms with E-state index in [-0.39, 0.29) is 0 Å². The standard InChI is InChI=1S/C15H17FN2/c1-2-3-5-12-8-10-13(11-9-12)17-15-7-4-6-14(16)18-15/h4,6-11H,2-3,5H2,1H3,(H,17,18). The number of halogens is 1. The number of anilines is 2. The number of pyridine rings is 1. The van der Waals surface area contributed by atoms with Crippen LogP contribution in [-0.4, -0.2) is 4.98 Å². The summed E-state index contributed by atoms with van der Waals surface area (Å²) in [6, 6.07) is 12.9. The zero-order valence-corrected chi connectivity index (χ0v) is 10.5. The first-order chi connectivity index (χ1) is 8.78. The van der Waals surface area contributed by atoms with E-state index in [9.17, 15) is 4.39 Å². The molecule has 1 aromatic heterocycles. The van der Waals surface area contributed by atoms with Gasteiger partial charge >= 0.3 is 0 Å². The fourth-order valence-electron chi connectivity index (χ4n) is 1.76. The van der Waals surface area contributed by atoms with Gasteiger partial charge in [-0.3, -0.25) is 0 Å². The van der Waals surface area contributed by atoms with Gasteiger partial charge in [0.25, 0.3) is 0 Å². The molecule has 0 radical (unpaired) electrons. The highest BCUT2D eigenvalue weighted by Gasteiger charge is 1.98. The molecule has 1 aromatic carbocycles. The second-order valence-electron chi connectivity index (χ2n) is 4.27. The van der Waals surface area contributed by atoms with Crippen LogP contribution in [0.25, 0.3) is 0 Å². The average molecular weight is 244 g/mol. The number of hydrogen-bond acceptors (Lipinski definition) is 2. The summed E-state index contributed by atoms with van der Waals surface area (Å²) >= 11 is 0. The van der Waals surface area contributed by atoms with Gasteiger partial charge in [0.15, 0.2) is 0 Å². The van der Waals surface area contributed by atoms with Crippen molar-refractivity contribution in [3.63, 3.8) is 0 Å². The van der Waals surface area contributed by atoms with Crippen LogP contribution in [0.2, 0.25) is 0 Å². The van der Waals surface area contributed by atoms with E-state index in [0.717, 1.165) is 12.1 Å². The molecule has 94 valence electrons. The molecule has 0 aliphatic carbocycles. The van der Waals surface area contributed by atoms with Crippen molar-refractivity contribution in [2.75, 3.05) is 5.32 Å². The molecule has 3 heteroatoms. The number of aromatic nitrogens is 1. The molecule has 2 nitrogen and oxygen atoms in total. The minimum absolute atomic E-state index is 0.473. The molecule has 0 spiro atoms. The van der Waals surface area contributed by atoms with Crippen molar-refractivity contribution >= 4 is 11.5 Å². The van der Waals surface area contributed by atoms with Crippen LogP contribution in [0.4, 0.5) is 15.9 Å². The number of unbranched alkanes of at least 4 members (excludes halogenated alkanes) is 1. The maximum atomic E-state index is 12.9. The lowest BCUT2D eigenvalue weighted by Gasteiger charge is -2.06. The van der Waals surface area contributed by atoms with E-state index in [0.29, 0.717) is 5.82 Å². The van der Waals surface area contributed by atoms with Gasteiger partial charge in [0.05, 0.1) is 0 Å². The van der Waals surface area contributed by atoms with Gasteiger partial charge in [-0.25, -0.2) is 4.98 Å². The summed E-state index contributed by atoms with van der Waals surface area (Å²) < 4.78 is 12.9. The van der Waals surface area contributed by atoms with Crippen molar-refractivity contribution in [3.8, 4) is 0 Å². The van der Waals surface area contributed by atoms with Gasteiger partial charge in [-0.2, -0.15) is 4.39 Å². The van der Waals surface area contributed by atoms with E-state index >= 15 is 0 Å². The first-order valence-electron chi connectivity index (χ1n) is 6.26. The third kappa shape index (κ3) is 3.55. The van der Waals surface area contributed by atoms with Crippen LogP contribution in [-0.2, 0) is 6.42 Å². The third-order valence-corrected chi connectivity index (χ3v) is 2.76. The van der Waals surface area contributed by atoms with Gasteiger partial charge in [0, 0.05) is 5.69 Å². The number of hydrogen-bond donors (Lipinski definition) is 1. The lowest BCUT2D eigenvalue weighted by Crippen LogP contribution is -1.95. The molecule has 1 heterocycles. The van der Waals surface area contributed by atoms with Crippen LogP contribution in [0.1, 0.15) is 25.3 Å². The van der Waals surface area contributed by atoms with E-state index < -0.39 is 5.95 Å². The summed E-state index contributed by atoms with van der Waals surface area (Å²) in [6.07, 6.45) is 3.51. The molecule has 18 heavy (non-hydrogen) atoms.